The SMILES string of the molecule is COC(=O)c1ccc(CN2C(=O)N/C(=C\c3cc(Cl)c(OCc4ccc(Cl)cc4Cl)c(Cl)c3)C2=O)o1. The summed E-state index contributed by atoms with van der Waals surface area (Å²) >= 11 is 24.8. The number of imide groups is 1. The van der Waals surface area contributed by atoms with Gasteiger partial charge in [0.2, 0.25) is 5.76 Å². The Kier molecular flexibility index (Phi) is 7.80. The number of halogens is 4. The van der Waals surface area contributed by atoms with Crippen LogP contribution in [0.15, 0.2) is 52.6 Å². The number of esters is 1. The molecule has 0 spiro atoms. The molecule has 0 radical (unpaired) electrons. The first kappa shape index (κ1) is 25.9. The third-order valence-corrected chi connectivity index (χ3v) is 6.19. The number of furan rings is 1. The van der Waals surface area contributed by atoms with Gasteiger partial charge in [-0.05, 0) is 48.0 Å². The van der Waals surface area contributed by atoms with E-state index in [2.05, 4.69) is 10.1 Å². The second kappa shape index (κ2) is 10.8. The number of hydrogen-bond donors (Lipinski definition) is 1. The standard InChI is InChI=1S/C24H16Cl4N2O6/c1-34-23(32)20-5-4-15(36-20)10-30-22(31)19(29-24(30)33)8-12-6-17(27)21(18(28)7-12)35-11-13-2-3-14(25)9-16(13)26/h2-9H,10-11H2,1H3,(H,29,33)/b19-8-. The fraction of sp³-hybridized carbons (Fsp3) is 0.125. The van der Waals surface area contributed by atoms with Crippen molar-refractivity contribution in [1.82, 2.24) is 10.2 Å². The Morgan fingerprint density at radius 2 is 1.75 bits per heavy atom. The van der Waals surface area contributed by atoms with Gasteiger partial charge in [0.05, 0.1) is 23.7 Å². The predicted octanol–water partition coefficient (Wildman–Crippen LogP) is 6.35. The maximum atomic E-state index is 12.8. The van der Waals surface area contributed by atoms with Gasteiger partial charge >= 0.3 is 12.0 Å². The monoisotopic (exact) mass is 568 g/mol. The van der Waals surface area contributed by atoms with Crippen LogP contribution in [0, 0.1) is 0 Å². The number of ether oxygens (including phenoxy) is 2. The van der Waals surface area contributed by atoms with Crippen LogP contribution in [-0.2, 0) is 22.7 Å². The van der Waals surface area contributed by atoms with Crippen LogP contribution in [0.5, 0.6) is 5.75 Å². The topological polar surface area (TPSA) is 98.1 Å². The molecule has 2 heterocycles. The third kappa shape index (κ3) is 5.63. The number of methoxy groups -OCH3 is 1. The summed E-state index contributed by atoms with van der Waals surface area (Å²) in [6.07, 6.45) is 1.43. The lowest BCUT2D eigenvalue weighted by Crippen LogP contribution is -2.30. The summed E-state index contributed by atoms with van der Waals surface area (Å²) in [6.45, 7) is -0.0790. The van der Waals surface area contributed by atoms with E-state index in [4.69, 9.17) is 55.6 Å². The molecule has 1 aliphatic heterocycles. The molecule has 4 rings (SSSR count). The van der Waals surface area contributed by atoms with Crippen molar-refractivity contribution in [3.05, 3.63) is 90.9 Å². The Morgan fingerprint density at radius 1 is 1.03 bits per heavy atom. The van der Waals surface area contributed by atoms with Crippen LogP contribution in [0.1, 0.15) is 27.4 Å². The van der Waals surface area contributed by atoms with Gasteiger partial charge < -0.3 is 19.2 Å². The van der Waals surface area contributed by atoms with E-state index < -0.39 is 17.9 Å². The highest BCUT2D eigenvalue weighted by Crippen LogP contribution is 2.36. The number of nitrogens with one attached hydrogen (secondary N) is 1. The summed E-state index contributed by atoms with van der Waals surface area (Å²) in [5.41, 5.74) is 1.15. The fourth-order valence-electron chi connectivity index (χ4n) is 3.30. The zero-order chi connectivity index (χ0) is 26.0. The molecule has 0 aliphatic carbocycles. The van der Waals surface area contributed by atoms with Crippen LogP contribution in [-0.4, -0.2) is 29.9 Å². The highest BCUT2D eigenvalue weighted by Gasteiger charge is 2.34. The van der Waals surface area contributed by atoms with Crippen molar-refractivity contribution in [2.75, 3.05) is 7.11 Å². The predicted molar refractivity (Wildman–Crippen MR) is 134 cm³/mol. The van der Waals surface area contributed by atoms with Crippen LogP contribution >= 0.6 is 46.4 Å². The highest BCUT2D eigenvalue weighted by atomic mass is 35.5. The summed E-state index contributed by atoms with van der Waals surface area (Å²) < 4.78 is 15.7. The van der Waals surface area contributed by atoms with E-state index in [0.717, 1.165) is 4.90 Å². The summed E-state index contributed by atoms with van der Waals surface area (Å²) in [6, 6.07) is 10.3. The van der Waals surface area contributed by atoms with Crippen molar-refractivity contribution < 1.29 is 28.3 Å². The Bertz CT molecular complexity index is 1380. The highest BCUT2D eigenvalue weighted by molar-refractivity contribution is 6.37. The number of hydrogen-bond acceptors (Lipinski definition) is 6. The lowest BCUT2D eigenvalue weighted by molar-refractivity contribution is -0.123. The number of carbonyl (C=O) groups is 3. The van der Waals surface area contributed by atoms with Crippen molar-refractivity contribution in [2.45, 2.75) is 13.2 Å². The quantitative estimate of drug-likeness (QED) is 0.202. The molecule has 36 heavy (non-hydrogen) atoms. The second-order valence-electron chi connectivity index (χ2n) is 7.48. The fourth-order valence-corrected chi connectivity index (χ4v) is 4.38. The molecule has 3 amide bonds. The van der Waals surface area contributed by atoms with E-state index in [9.17, 15) is 14.4 Å². The van der Waals surface area contributed by atoms with Gasteiger partial charge in [-0.15, -0.1) is 0 Å². The van der Waals surface area contributed by atoms with E-state index in [1.165, 1.54) is 37.5 Å². The zero-order valence-electron chi connectivity index (χ0n) is 18.4. The van der Waals surface area contributed by atoms with Gasteiger partial charge in [-0.2, -0.15) is 0 Å². The molecule has 2 aromatic carbocycles. The Morgan fingerprint density at radius 3 is 2.42 bits per heavy atom. The average molecular weight is 570 g/mol. The average Bonchev–Trinajstić information content (AvgIpc) is 3.39. The maximum Gasteiger partial charge on any atom is 0.373 e. The lowest BCUT2D eigenvalue weighted by Gasteiger charge is -2.12. The van der Waals surface area contributed by atoms with Crippen LogP contribution in [0.4, 0.5) is 4.79 Å². The lowest BCUT2D eigenvalue weighted by atomic mass is 10.1. The molecular weight excluding hydrogens is 554 g/mol. The molecule has 0 atom stereocenters. The minimum Gasteiger partial charge on any atom is -0.486 e. The minimum absolute atomic E-state index is 0.00787. The Hall–Kier alpha value is -3.17. The number of carbonyl (C=O) groups excluding carboxylic acids is 3. The summed E-state index contributed by atoms with van der Waals surface area (Å²) in [5, 5.41) is 3.82. The molecular formula is C24H16Cl4N2O6. The van der Waals surface area contributed by atoms with E-state index >= 15 is 0 Å². The van der Waals surface area contributed by atoms with Crippen LogP contribution < -0.4 is 10.1 Å². The molecule has 0 saturated carbocycles. The molecule has 0 bridgehead atoms. The minimum atomic E-state index is -0.670. The first-order valence-electron chi connectivity index (χ1n) is 10.2. The first-order valence-corrected chi connectivity index (χ1v) is 11.7. The van der Waals surface area contributed by atoms with Gasteiger partial charge in [0.1, 0.15) is 18.1 Å². The van der Waals surface area contributed by atoms with Gasteiger partial charge in [-0.1, -0.05) is 52.5 Å². The van der Waals surface area contributed by atoms with Gasteiger partial charge in [-0.3, -0.25) is 9.69 Å². The number of amides is 3. The molecule has 1 fully saturated rings. The van der Waals surface area contributed by atoms with Gasteiger partial charge in [0, 0.05) is 15.6 Å². The largest absolute Gasteiger partial charge is 0.486 e. The number of urea groups is 1. The summed E-state index contributed by atoms with van der Waals surface area (Å²) in [5.74, 6) is -0.847. The van der Waals surface area contributed by atoms with E-state index in [-0.39, 0.29) is 46.2 Å². The van der Waals surface area contributed by atoms with E-state index in [1.807, 2.05) is 0 Å². The molecule has 3 aromatic rings. The van der Waals surface area contributed by atoms with Crippen molar-refractivity contribution >= 4 is 70.4 Å². The van der Waals surface area contributed by atoms with Gasteiger partial charge in [0.15, 0.2) is 5.75 Å². The molecule has 12 heteroatoms. The summed E-state index contributed by atoms with van der Waals surface area (Å²) in [7, 11) is 1.21. The smallest absolute Gasteiger partial charge is 0.373 e. The molecule has 1 aliphatic rings. The molecule has 1 N–H and O–H groups in total. The number of rotatable bonds is 7. The molecule has 0 unspecified atom stereocenters. The van der Waals surface area contributed by atoms with Gasteiger partial charge in [-0.25, -0.2) is 9.59 Å². The maximum absolute atomic E-state index is 12.8. The zero-order valence-corrected chi connectivity index (χ0v) is 21.5. The third-order valence-electron chi connectivity index (χ3n) is 5.04. The van der Waals surface area contributed by atoms with Crippen molar-refractivity contribution in [1.29, 1.82) is 0 Å². The molecule has 8 nitrogen and oxygen atoms in total. The van der Waals surface area contributed by atoms with E-state index in [1.54, 1.807) is 18.2 Å². The number of benzene rings is 2. The van der Waals surface area contributed by atoms with Crippen LogP contribution in [0.3, 0.4) is 0 Å². The molecule has 1 aromatic heterocycles. The van der Waals surface area contributed by atoms with Crippen molar-refractivity contribution in [3.63, 3.8) is 0 Å². The summed E-state index contributed by atoms with van der Waals surface area (Å²) in [4.78, 5) is 37.6. The Balaban J connectivity index is 1.48. The van der Waals surface area contributed by atoms with Crippen molar-refractivity contribution in [3.8, 4) is 5.75 Å². The first-order chi connectivity index (χ1) is 17.2. The van der Waals surface area contributed by atoms with Gasteiger partial charge in [0.25, 0.3) is 5.91 Å². The van der Waals surface area contributed by atoms with Crippen LogP contribution in [0.25, 0.3) is 6.08 Å². The second-order valence-corrected chi connectivity index (χ2v) is 9.13. The number of nitrogens with zero attached hydrogens (tertiary/aromatic N) is 1. The molecule has 186 valence electrons. The normalized spacial score (nSPS) is 14.4. The van der Waals surface area contributed by atoms with E-state index in [0.29, 0.717) is 21.2 Å². The van der Waals surface area contributed by atoms with Crippen molar-refractivity contribution in [2.24, 2.45) is 0 Å². The Labute approximate surface area is 225 Å². The molecule has 1 saturated heterocycles. The van der Waals surface area contributed by atoms with Crippen LogP contribution in [0.2, 0.25) is 20.1 Å².